The molecule has 1 aromatic rings. The summed E-state index contributed by atoms with van der Waals surface area (Å²) in [5.41, 5.74) is 1.28. The largest absolute Gasteiger partial charge is 0.778 e. The minimum Gasteiger partial charge on any atom is -0.778 e. The van der Waals surface area contributed by atoms with E-state index in [1.807, 2.05) is 0 Å². The Morgan fingerprint density at radius 3 is 1.39 bits per heavy atom. The number of rotatable bonds is 42. The van der Waals surface area contributed by atoms with Gasteiger partial charge in [-0.3, -0.25) is 38.5 Å². The van der Waals surface area contributed by atoms with Crippen molar-refractivity contribution in [2.45, 2.75) is 189 Å². The highest BCUT2D eigenvalue weighted by Crippen LogP contribution is 2.53. The molecule has 1 aromatic carbocycles. The van der Waals surface area contributed by atoms with Gasteiger partial charge in [-0.2, -0.15) is 0 Å². The number of hydrogen-bond donors (Lipinski definition) is 16. The Kier molecular flexibility index (Phi) is 36.5. The number of amides is 6. The van der Waals surface area contributed by atoms with Gasteiger partial charge in [0.05, 0.1) is 111 Å². The molecule has 17 unspecified atom stereocenters. The summed E-state index contributed by atoms with van der Waals surface area (Å²) in [5, 5.41) is 110. The van der Waals surface area contributed by atoms with Gasteiger partial charge in [-0.25, -0.2) is 0 Å². The lowest BCUT2D eigenvalue weighted by atomic mass is 9.87. The third-order valence-electron chi connectivity index (χ3n) is 16.7. The highest BCUT2D eigenvalue weighted by atomic mass is 31.2. The van der Waals surface area contributed by atoms with Gasteiger partial charge in [-0.15, -0.1) is 0 Å². The summed E-state index contributed by atoms with van der Waals surface area (Å²) in [4.78, 5) is 105. The van der Waals surface area contributed by atoms with Crippen LogP contribution in [0.25, 0.3) is 0 Å². The first-order valence-electron chi connectivity index (χ1n) is 33.1. The lowest BCUT2D eigenvalue weighted by Gasteiger charge is -2.42. The van der Waals surface area contributed by atoms with Crippen LogP contribution in [-0.4, -0.2) is 320 Å². The van der Waals surface area contributed by atoms with Crippen LogP contribution < -0.4 is 42.1 Å². The number of aliphatic hydroxyl groups excluding tert-OH is 9. The molecule has 566 valence electrons. The molecule has 3 saturated heterocycles. The molecule has 3 heterocycles. The van der Waals surface area contributed by atoms with E-state index < -0.39 is 185 Å². The summed E-state index contributed by atoms with van der Waals surface area (Å²) >= 11 is 0. The number of hydrogen-bond acceptors (Lipinski definition) is 30. The Morgan fingerprint density at radius 2 is 0.980 bits per heavy atom. The van der Waals surface area contributed by atoms with E-state index in [9.17, 15) is 89.0 Å². The quantitative estimate of drug-likeness (QED) is 0.0214. The van der Waals surface area contributed by atoms with Crippen molar-refractivity contribution in [2.75, 3.05) is 119 Å². The fourth-order valence-corrected chi connectivity index (χ4v) is 12.1. The van der Waals surface area contributed by atoms with Crippen LogP contribution in [0.1, 0.15) is 78.4 Å². The van der Waals surface area contributed by atoms with Crippen LogP contribution in [0.4, 0.5) is 0 Å². The number of aliphatic hydroxyl groups is 9. The summed E-state index contributed by atoms with van der Waals surface area (Å²) in [6.07, 6.45) is -15.5. The van der Waals surface area contributed by atoms with Gasteiger partial charge in [0.2, 0.25) is 35.4 Å². The smallest absolute Gasteiger partial charge is 0.237 e. The highest BCUT2D eigenvalue weighted by Gasteiger charge is 2.48. The van der Waals surface area contributed by atoms with Crippen LogP contribution in [0.2, 0.25) is 0 Å². The van der Waals surface area contributed by atoms with Gasteiger partial charge < -0.3 is 140 Å². The normalized spacial score (nSPS) is 29.0. The third kappa shape index (κ3) is 27.6. The van der Waals surface area contributed by atoms with Gasteiger partial charge in [0.1, 0.15) is 80.7 Å². The van der Waals surface area contributed by atoms with E-state index in [4.69, 9.17) is 47.2 Å². The zero-order valence-electron chi connectivity index (χ0n) is 56.8. The fraction of sp³-hybridized carbons (Fsp3) is 0.790. The summed E-state index contributed by atoms with van der Waals surface area (Å²) in [7, 11) is -4.15. The monoisotopic (exact) mass is 1440 g/mol. The number of benzene rings is 1. The van der Waals surface area contributed by atoms with E-state index in [0.717, 1.165) is 0 Å². The standard InChI is InChI=1S/C62H105N8O28P/c1-35(74)67-48-54(82)51(79)44(32-71)95-59(48)92-24-21-89-18-15-63-29-41(77)30-70(31-47(78)64-16-19-90-22-25-93-60-49(68-36(2)75)55(83)52(80)45(33-72)96-60)43(58(86)65-17-20-91-23-26-94-61-50(69-37(3)76)56(84)53(81)46(34-73)97-61)27-38-7-9-39(10-8-38)28-66-57(85)40-11-13-42(14-12-40)98-99(87,88)62(4,5)6/h7-10,40,42-46,48-56,59-61,63,71-73,79-84H,11-34H2,1-6H3,(H,64,78)(H,65,86)(H,66,85)(H,67,74)(H,68,75)(H,69,76)(H,87,88)/p-1. The molecular formula is C62H104N8O28P-. The molecule has 0 aromatic heterocycles. The lowest BCUT2D eigenvalue weighted by molar-refractivity contribution is -0.272. The molecule has 17 atom stereocenters. The number of nitrogens with zero attached hydrogens (tertiary/aromatic N) is 1. The molecule has 1 saturated carbocycles. The highest BCUT2D eigenvalue weighted by molar-refractivity contribution is 7.53. The molecular weight excluding hydrogens is 1340 g/mol. The molecule has 36 nitrogen and oxygen atoms in total. The van der Waals surface area contributed by atoms with Crippen LogP contribution >= 0.6 is 7.60 Å². The van der Waals surface area contributed by atoms with Crippen molar-refractivity contribution >= 4 is 48.8 Å². The maximum Gasteiger partial charge on any atom is 0.237 e. The summed E-state index contributed by atoms with van der Waals surface area (Å²) in [6, 6.07) is 2.18. The zero-order valence-corrected chi connectivity index (χ0v) is 57.7. The molecule has 3 aliphatic heterocycles. The van der Waals surface area contributed by atoms with Crippen LogP contribution in [0.15, 0.2) is 24.3 Å². The first kappa shape index (κ1) is 84.7. The van der Waals surface area contributed by atoms with Crippen LogP contribution in [0.5, 0.6) is 0 Å². The predicted octanol–water partition coefficient (Wildman–Crippen LogP) is -7.24. The number of ether oxygens (including phenoxy) is 9. The van der Waals surface area contributed by atoms with E-state index in [1.165, 1.54) is 25.7 Å². The minimum atomic E-state index is -4.15. The average molecular weight is 1440 g/mol. The maximum atomic E-state index is 14.6. The van der Waals surface area contributed by atoms with Gasteiger partial charge in [0.25, 0.3) is 0 Å². The topological polar surface area (TPSA) is 521 Å². The summed E-state index contributed by atoms with van der Waals surface area (Å²) < 4.78 is 69.1. The van der Waals surface area contributed by atoms with Crippen molar-refractivity contribution in [1.29, 1.82) is 0 Å². The third-order valence-corrected chi connectivity index (χ3v) is 18.9. The Hall–Kier alpha value is -4.94. The summed E-state index contributed by atoms with van der Waals surface area (Å²) in [5.74, 6) is -3.90. The van der Waals surface area contributed by atoms with Crippen molar-refractivity contribution in [1.82, 2.24) is 42.1 Å². The number of carbonyl (C=O) groups excluding carboxylic acids is 7. The van der Waals surface area contributed by atoms with Gasteiger partial charge in [0.15, 0.2) is 24.7 Å². The second kappa shape index (κ2) is 42.6. The fourth-order valence-electron chi connectivity index (χ4n) is 11.1. The number of nitrogens with one attached hydrogen (secondary N) is 7. The molecule has 99 heavy (non-hydrogen) atoms. The number of Topliss-reactive ketones (excluding diaryl/α,β-unsaturated/α-hetero) is 1. The van der Waals surface area contributed by atoms with E-state index in [2.05, 4.69) is 37.2 Å². The first-order chi connectivity index (χ1) is 47.0. The van der Waals surface area contributed by atoms with E-state index in [1.54, 1.807) is 45.0 Å². The van der Waals surface area contributed by atoms with Crippen molar-refractivity contribution in [3.63, 3.8) is 0 Å². The number of carbonyl (C=O) groups is 7. The molecule has 5 rings (SSSR count). The predicted molar refractivity (Wildman–Crippen MR) is 342 cm³/mol. The SMILES string of the molecule is CC(=O)NC1C(OCCOCCNCC(=O)CN(CC(=O)NCCOCCOC2OC(CO)C(O)C(O)C2NC(C)=O)C(Cc2ccc(CNC(=O)C3CCC(OP(=O)([O-])C(C)(C)C)CC3)cc2)C(=O)NCCOCCOC2OC(CO)C(O)C(O)C2NC(C)=O)OC(CO)C(O)C1O. The van der Waals surface area contributed by atoms with Gasteiger partial charge >= 0.3 is 0 Å². The van der Waals surface area contributed by atoms with Crippen LogP contribution in [-0.2, 0) is 98.2 Å². The molecule has 1 aliphatic carbocycles. The van der Waals surface area contributed by atoms with Crippen molar-refractivity contribution in [3.8, 4) is 0 Å². The zero-order chi connectivity index (χ0) is 73.0. The summed E-state index contributed by atoms with van der Waals surface area (Å²) in [6.45, 7) is 4.44. The van der Waals surface area contributed by atoms with E-state index in [0.29, 0.717) is 36.8 Å². The van der Waals surface area contributed by atoms with Crippen LogP contribution in [0, 0.1) is 5.92 Å². The van der Waals surface area contributed by atoms with Gasteiger partial charge in [-0.05, 0) is 43.2 Å². The van der Waals surface area contributed by atoms with Crippen molar-refractivity contribution < 1.29 is 136 Å². The van der Waals surface area contributed by atoms with E-state index >= 15 is 0 Å². The van der Waals surface area contributed by atoms with E-state index in [-0.39, 0.29) is 110 Å². The molecule has 0 radical (unpaired) electrons. The minimum absolute atomic E-state index is 0.0268. The second-order valence-electron chi connectivity index (χ2n) is 25.5. The molecule has 0 spiro atoms. The van der Waals surface area contributed by atoms with Crippen molar-refractivity contribution in [2.24, 2.45) is 5.92 Å². The Balaban J connectivity index is 1.25. The average Bonchev–Trinajstić information content (AvgIpc) is 0.831. The molecule has 6 amide bonds. The van der Waals surface area contributed by atoms with Crippen molar-refractivity contribution in [3.05, 3.63) is 35.4 Å². The molecule has 4 aliphatic rings. The molecule has 16 N–H and O–H groups in total. The van der Waals surface area contributed by atoms with Gasteiger partial charge in [0, 0.05) is 58.0 Å². The van der Waals surface area contributed by atoms with Gasteiger partial charge in [-0.1, -0.05) is 45.0 Å². The molecule has 0 bridgehead atoms. The Bertz CT molecular complexity index is 2700. The number of ketones is 1. The van der Waals surface area contributed by atoms with Crippen LogP contribution in [0.3, 0.4) is 0 Å². The molecule has 37 heteroatoms. The lowest BCUT2D eigenvalue weighted by Crippen LogP contribution is -2.64. The first-order valence-corrected chi connectivity index (χ1v) is 34.7. The second-order valence-corrected chi connectivity index (χ2v) is 28.1. The molecule has 4 fully saturated rings. The maximum absolute atomic E-state index is 14.6. The Labute approximate surface area is 574 Å². The Morgan fingerprint density at radius 1 is 0.566 bits per heavy atom.